The third-order valence-electron chi connectivity index (χ3n) is 4.45. The number of likely N-dealkylation sites (tertiary alicyclic amines) is 1. The Kier molecular flexibility index (Phi) is 3.54. The summed E-state index contributed by atoms with van der Waals surface area (Å²) in [7, 11) is 0. The quantitative estimate of drug-likeness (QED) is 0.911. The second kappa shape index (κ2) is 5.20. The van der Waals surface area contributed by atoms with Crippen molar-refractivity contribution in [3.8, 4) is 0 Å². The maximum atomic E-state index is 12.6. The molecule has 108 valence electrons. The Morgan fingerprint density at radius 3 is 2.85 bits per heavy atom. The number of fused-ring (bicyclic) bond motifs is 1. The van der Waals surface area contributed by atoms with Crippen LogP contribution in [0.2, 0.25) is 0 Å². The molecule has 20 heavy (non-hydrogen) atoms. The highest BCUT2D eigenvalue weighted by Crippen LogP contribution is 2.32. The van der Waals surface area contributed by atoms with Crippen LogP contribution in [0.15, 0.2) is 6.07 Å². The van der Waals surface area contributed by atoms with Crippen LogP contribution >= 0.6 is 11.3 Å². The van der Waals surface area contributed by atoms with E-state index >= 15 is 0 Å². The molecule has 0 bridgehead atoms. The van der Waals surface area contributed by atoms with Crippen LogP contribution in [0.4, 0.5) is 0 Å². The van der Waals surface area contributed by atoms with Crippen molar-refractivity contribution in [3.05, 3.63) is 21.4 Å². The minimum atomic E-state index is -0.789. The average molecular weight is 293 g/mol. The number of rotatable bonds is 2. The average Bonchev–Trinajstić information content (AvgIpc) is 2.98. The van der Waals surface area contributed by atoms with Gasteiger partial charge in [0, 0.05) is 17.5 Å². The number of aliphatic carboxylic acids is 1. The van der Waals surface area contributed by atoms with Gasteiger partial charge in [-0.2, -0.15) is 0 Å². The van der Waals surface area contributed by atoms with Crippen LogP contribution < -0.4 is 0 Å². The van der Waals surface area contributed by atoms with Crippen molar-refractivity contribution < 1.29 is 14.7 Å². The van der Waals surface area contributed by atoms with E-state index in [1.54, 1.807) is 16.2 Å². The predicted octanol–water partition coefficient (Wildman–Crippen LogP) is 2.56. The van der Waals surface area contributed by atoms with Gasteiger partial charge in [-0.1, -0.05) is 0 Å². The Bertz CT molecular complexity index is 530. The SMILES string of the molecule is CC1CCC(C(=O)O)CN1C(=O)c1cc2c(s1)CCC2. The number of nitrogens with zero attached hydrogens (tertiary/aromatic N) is 1. The van der Waals surface area contributed by atoms with Gasteiger partial charge in [-0.25, -0.2) is 0 Å². The lowest BCUT2D eigenvalue weighted by atomic mass is 9.93. The second-order valence-electron chi connectivity index (χ2n) is 5.83. The van der Waals surface area contributed by atoms with Crippen molar-refractivity contribution in [3.63, 3.8) is 0 Å². The summed E-state index contributed by atoms with van der Waals surface area (Å²) in [6, 6.07) is 2.15. The molecular weight excluding hydrogens is 274 g/mol. The summed E-state index contributed by atoms with van der Waals surface area (Å²) in [5.74, 6) is -1.19. The number of carbonyl (C=O) groups excluding carboxylic acids is 1. The van der Waals surface area contributed by atoms with Gasteiger partial charge >= 0.3 is 5.97 Å². The van der Waals surface area contributed by atoms with E-state index in [-0.39, 0.29) is 11.9 Å². The summed E-state index contributed by atoms with van der Waals surface area (Å²) in [6.07, 6.45) is 4.79. The van der Waals surface area contributed by atoms with Crippen molar-refractivity contribution in [2.75, 3.05) is 6.54 Å². The monoisotopic (exact) mass is 293 g/mol. The van der Waals surface area contributed by atoms with E-state index in [9.17, 15) is 9.59 Å². The third kappa shape index (κ3) is 2.35. The van der Waals surface area contributed by atoms with E-state index in [0.717, 1.165) is 24.1 Å². The van der Waals surface area contributed by atoms with E-state index in [1.807, 2.05) is 13.0 Å². The molecule has 0 saturated carbocycles. The van der Waals surface area contributed by atoms with Crippen LogP contribution in [0.1, 0.15) is 46.3 Å². The van der Waals surface area contributed by atoms with Gasteiger partial charge in [-0.3, -0.25) is 9.59 Å². The summed E-state index contributed by atoms with van der Waals surface area (Å²) < 4.78 is 0. The molecule has 2 atom stereocenters. The van der Waals surface area contributed by atoms with Crippen molar-refractivity contribution >= 4 is 23.2 Å². The number of amides is 1. The molecule has 2 unspecified atom stereocenters. The van der Waals surface area contributed by atoms with Gasteiger partial charge in [0.1, 0.15) is 0 Å². The molecule has 0 radical (unpaired) electrons. The number of carbonyl (C=O) groups is 2. The summed E-state index contributed by atoms with van der Waals surface area (Å²) >= 11 is 1.60. The minimum absolute atomic E-state index is 0.0165. The standard InChI is InChI=1S/C15H19NO3S/c1-9-5-6-11(15(18)19)8-16(9)14(17)13-7-10-3-2-4-12(10)20-13/h7,9,11H,2-6,8H2,1H3,(H,18,19). The zero-order valence-corrected chi connectivity index (χ0v) is 12.4. The van der Waals surface area contributed by atoms with Gasteiger partial charge in [0.25, 0.3) is 5.91 Å². The van der Waals surface area contributed by atoms with Gasteiger partial charge in [0.15, 0.2) is 0 Å². The maximum Gasteiger partial charge on any atom is 0.308 e. The number of carboxylic acid groups (broad SMARTS) is 1. The Hall–Kier alpha value is -1.36. The molecule has 1 fully saturated rings. The number of aryl methyl sites for hydroxylation is 2. The van der Waals surface area contributed by atoms with E-state index in [0.29, 0.717) is 13.0 Å². The smallest absolute Gasteiger partial charge is 0.308 e. The highest BCUT2D eigenvalue weighted by molar-refractivity contribution is 7.14. The Morgan fingerprint density at radius 2 is 2.15 bits per heavy atom. The highest BCUT2D eigenvalue weighted by Gasteiger charge is 2.34. The fourth-order valence-corrected chi connectivity index (χ4v) is 4.38. The Morgan fingerprint density at radius 1 is 1.35 bits per heavy atom. The fourth-order valence-electron chi connectivity index (χ4n) is 3.17. The Labute approximate surface area is 122 Å². The van der Waals surface area contributed by atoms with Crippen LogP contribution in [0.25, 0.3) is 0 Å². The van der Waals surface area contributed by atoms with E-state index in [1.165, 1.54) is 16.9 Å². The predicted molar refractivity (Wildman–Crippen MR) is 77.2 cm³/mol. The van der Waals surface area contributed by atoms with Gasteiger partial charge in [0.2, 0.25) is 0 Å². The molecular formula is C15H19NO3S. The molecule has 1 aliphatic carbocycles. The van der Waals surface area contributed by atoms with Crippen molar-refractivity contribution in [2.45, 2.75) is 45.1 Å². The van der Waals surface area contributed by atoms with E-state index < -0.39 is 11.9 Å². The largest absolute Gasteiger partial charge is 0.481 e. The molecule has 1 amide bonds. The lowest BCUT2D eigenvalue weighted by molar-refractivity contribution is -0.143. The van der Waals surface area contributed by atoms with E-state index in [4.69, 9.17) is 5.11 Å². The van der Waals surface area contributed by atoms with Gasteiger partial charge in [-0.15, -0.1) is 11.3 Å². The maximum absolute atomic E-state index is 12.6. The lowest BCUT2D eigenvalue weighted by Gasteiger charge is -2.36. The summed E-state index contributed by atoms with van der Waals surface area (Å²) in [6.45, 7) is 2.36. The van der Waals surface area contributed by atoms with E-state index in [2.05, 4.69) is 0 Å². The van der Waals surface area contributed by atoms with Crippen molar-refractivity contribution in [1.29, 1.82) is 0 Å². The van der Waals surface area contributed by atoms with Gasteiger partial charge in [0.05, 0.1) is 10.8 Å². The molecule has 0 spiro atoms. The number of hydrogen-bond donors (Lipinski definition) is 1. The Balaban J connectivity index is 1.79. The zero-order valence-electron chi connectivity index (χ0n) is 11.6. The third-order valence-corrected chi connectivity index (χ3v) is 5.67. The normalized spacial score (nSPS) is 25.6. The second-order valence-corrected chi connectivity index (χ2v) is 6.97. The van der Waals surface area contributed by atoms with Crippen LogP contribution in [0.5, 0.6) is 0 Å². The topological polar surface area (TPSA) is 57.6 Å². The minimum Gasteiger partial charge on any atom is -0.481 e. The van der Waals surface area contributed by atoms with Gasteiger partial charge < -0.3 is 10.0 Å². The first-order valence-corrected chi connectivity index (χ1v) is 8.03. The molecule has 2 heterocycles. The molecule has 4 nitrogen and oxygen atoms in total. The van der Waals surface area contributed by atoms with Crippen LogP contribution in [0.3, 0.4) is 0 Å². The molecule has 1 N–H and O–H groups in total. The molecule has 5 heteroatoms. The summed E-state index contributed by atoms with van der Waals surface area (Å²) in [5, 5.41) is 9.15. The zero-order chi connectivity index (χ0) is 14.3. The molecule has 3 rings (SSSR count). The summed E-state index contributed by atoms with van der Waals surface area (Å²) in [4.78, 5) is 27.6. The fraction of sp³-hybridized carbons (Fsp3) is 0.600. The number of hydrogen-bond acceptors (Lipinski definition) is 3. The molecule has 2 aliphatic rings. The van der Waals surface area contributed by atoms with Crippen LogP contribution in [-0.4, -0.2) is 34.5 Å². The first kappa shape index (κ1) is 13.6. The van der Waals surface area contributed by atoms with Crippen molar-refractivity contribution in [2.24, 2.45) is 5.92 Å². The van der Waals surface area contributed by atoms with Crippen LogP contribution in [-0.2, 0) is 17.6 Å². The van der Waals surface area contributed by atoms with Crippen molar-refractivity contribution in [1.82, 2.24) is 4.90 Å². The van der Waals surface area contributed by atoms with Crippen LogP contribution in [0, 0.1) is 5.92 Å². The highest BCUT2D eigenvalue weighted by atomic mass is 32.1. The first-order chi connectivity index (χ1) is 9.56. The number of thiophene rings is 1. The lowest BCUT2D eigenvalue weighted by Crippen LogP contribution is -2.47. The first-order valence-electron chi connectivity index (χ1n) is 7.21. The molecule has 1 saturated heterocycles. The number of piperidine rings is 1. The van der Waals surface area contributed by atoms with Gasteiger partial charge in [-0.05, 0) is 50.7 Å². The molecule has 1 aliphatic heterocycles. The summed E-state index contributed by atoms with van der Waals surface area (Å²) in [5.41, 5.74) is 1.32. The molecule has 1 aromatic heterocycles. The number of carboxylic acids is 1. The molecule has 1 aromatic rings. The molecule has 0 aromatic carbocycles.